The Bertz CT molecular complexity index is 1020. The molecule has 374 valence electrons. The topological polar surface area (TPSA) is 178 Å². The summed E-state index contributed by atoms with van der Waals surface area (Å²) in [6, 6.07) is -0.986. The van der Waals surface area contributed by atoms with E-state index in [1.54, 1.807) is 0 Å². The minimum absolute atomic E-state index is 0.253. The molecule has 0 saturated carbocycles. The first-order valence-electron chi connectivity index (χ1n) is 26.9. The van der Waals surface area contributed by atoms with Gasteiger partial charge in [0.1, 0.15) is 30.5 Å². The van der Waals surface area contributed by atoms with Crippen LogP contribution in [0, 0.1) is 5.92 Å². The molecule has 5 unspecified atom stereocenters. The van der Waals surface area contributed by atoms with Gasteiger partial charge in [0.2, 0.25) is 5.91 Å². The Morgan fingerprint density at radius 2 is 0.984 bits per heavy atom. The van der Waals surface area contributed by atoms with Gasteiger partial charge < -0.3 is 50.2 Å². The van der Waals surface area contributed by atoms with E-state index in [1.165, 1.54) is 173 Å². The second kappa shape index (κ2) is 40.2. The van der Waals surface area contributed by atoms with Gasteiger partial charge in [-0.2, -0.15) is 0 Å². The third-order valence-electron chi connectivity index (χ3n) is 13.8. The molecule has 0 aromatic heterocycles. The molecule has 7 N–H and O–H groups in total. The molecule has 11 nitrogen and oxygen atoms in total. The van der Waals surface area contributed by atoms with Crippen molar-refractivity contribution >= 4 is 5.91 Å². The van der Waals surface area contributed by atoms with Gasteiger partial charge in [-0.15, -0.1) is 0 Å². The molecule has 0 aliphatic carbocycles. The zero-order chi connectivity index (χ0) is 45.6. The molecular formula is C52H101NO10. The molecule has 0 aromatic rings. The molecule has 2 aliphatic heterocycles. The van der Waals surface area contributed by atoms with Crippen LogP contribution in [-0.4, -0.2) is 112 Å². The number of aliphatic hydroxyl groups is 6. The van der Waals surface area contributed by atoms with Crippen molar-refractivity contribution in [2.75, 3.05) is 26.4 Å². The van der Waals surface area contributed by atoms with Crippen LogP contribution in [0.2, 0.25) is 0 Å². The van der Waals surface area contributed by atoms with Crippen molar-refractivity contribution in [2.45, 2.75) is 293 Å². The second-order valence-electron chi connectivity index (χ2n) is 19.7. The summed E-state index contributed by atoms with van der Waals surface area (Å²) in [5.41, 5.74) is 0. The van der Waals surface area contributed by atoms with Gasteiger partial charge in [-0.25, -0.2) is 0 Å². The summed E-state index contributed by atoms with van der Waals surface area (Å²) in [6.07, 6.45) is 35.4. The lowest BCUT2D eigenvalue weighted by Crippen LogP contribution is -2.60. The van der Waals surface area contributed by atoms with Crippen LogP contribution >= 0.6 is 0 Å². The van der Waals surface area contributed by atoms with E-state index >= 15 is 0 Å². The van der Waals surface area contributed by atoms with Crippen molar-refractivity contribution in [3.8, 4) is 0 Å². The molecule has 2 saturated heterocycles. The number of nitrogens with one attached hydrogen (secondary N) is 1. The van der Waals surface area contributed by atoms with E-state index in [0.717, 1.165) is 70.5 Å². The van der Waals surface area contributed by atoms with Gasteiger partial charge in [0, 0.05) is 12.3 Å². The number of unbranched alkanes of at least 4 members (excludes halogenated alkanes) is 32. The van der Waals surface area contributed by atoms with Crippen LogP contribution < -0.4 is 5.32 Å². The fourth-order valence-electron chi connectivity index (χ4n) is 9.25. The Labute approximate surface area is 385 Å². The summed E-state index contributed by atoms with van der Waals surface area (Å²) in [4.78, 5) is 13.1. The first kappa shape index (κ1) is 58.2. The fraction of sp³-hybridized carbons (Fsp3) is 0.981. The minimum Gasteiger partial charge on any atom is -0.394 e. The molecule has 63 heavy (non-hydrogen) atoms. The number of hydrogen-bond donors (Lipinski definition) is 7. The van der Waals surface area contributed by atoms with Gasteiger partial charge >= 0.3 is 0 Å². The first-order valence-corrected chi connectivity index (χ1v) is 26.9. The maximum Gasteiger partial charge on any atom is 0.220 e. The summed E-state index contributed by atoms with van der Waals surface area (Å²) in [5, 5.41) is 65.3. The van der Waals surface area contributed by atoms with Gasteiger partial charge in [-0.05, 0) is 19.3 Å². The van der Waals surface area contributed by atoms with E-state index in [2.05, 4.69) is 12.2 Å². The van der Waals surface area contributed by atoms with Gasteiger partial charge in [0.25, 0.3) is 0 Å². The van der Waals surface area contributed by atoms with Crippen LogP contribution in [0.3, 0.4) is 0 Å². The van der Waals surface area contributed by atoms with E-state index in [9.17, 15) is 35.4 Å². The zero-order valence-electron chi connectivity index (χ0n) is 40.5. The number of carbonyl (C=O) groups excluding carboxylic acids is 1. The lowest BCUT2D eigenvalue weighted by molar-refractivity contribution is -0.303. The van der Waals surface area contributed by atoms with E-state index in [4.69, 9.17) is 14.2 Å². The van der Waals surface area contributed by atoms with Gasteiger partial charge in [0.05, 0.1) is 38.6 Å². The van der Waals surface area contributed by atoms with E-state index < -0.39 is 55.6 Å². The molecule has 2 rings (SSSR count). The lowest BCUT2D eigenvalue weighted by atomic mass is 9.98. The lowest BCUT2D eigenvalue weighted by Gasteiger charge is -2.40. The summed E-state index contributed by atoms with van der Waals surface area (Å²) in [5.74, 6) is 0.612. The normalized spacial score (nSPS) is 21.9. The average molecular weight is 900 g/mol. The molecule has 2 fully saturated rings. The number of ether oxygens (including phenoxy) is 3. The maximum absolute atomic E-state index is 13.1. The SMILES string of the molecule is CCCCCCCCCCCCCC[C@@H](O)[C@@H](O)[C@H](COC1OC(CO)C(O)C(O)C1O)NC(=O)CCCCCCCCCCCCCCCCCCCCCCCCC1COC1. The average Bonchev–Trinajstić information content (AvgIpc) is 3.26. The fourth-order valence-corrected chi connectivity index (χ4v) is 9.25. The van der Waals surface area contributed by atoms with E-state index in [1.807, 2.05) is 0 Å². The molecule has 2 heterocycles. The quantitative estimate of drug-likeness (QED) is 0.0291. The maximum atomic E-state index is 13.1. The molecule has 11 heteroatoms. The number of amides is 1. The Kier molecular flexibility index (Phi) is 37.2. The van der Waals surface area contributed by atoms with E-state index in [0.29, 0.717) is 6.42 Å². The monoisotopic (exact) mass is 900 g/mol. The van der Waals surface area contributed by atoms with Crippen LogP contribution in [0.5, 0.6) is 0 Å². The summed E-state index contributed by atoms with van der Waals surface area (Å²) < 4.78 is 16.4. The predicted molar refractivity (Wildman–Crippen MR) is 254 cm³/mol. The molecule has 1 amide bonds. The Hall–Kier alpha value is -0.890. The third-order valence-corrected chi connectivity index (χ3v) is 13.8. The molecule has 0 aromatic carbocycles. The minimum atomic E-state index is -1.60. The van der Waals surface area contributed by atoms with Crippen molar-refractivity contribution in [1.82, 2.24) is 5.32 Å². The highest BCUT2D eigenvalue weighted by atomic mass is 16.7. The van der Waals surface area contributed by atoms with Crippen molar-refractivity contribution < 1.29 is 49.6 Å². The van der Waals surface area contributed by atoms with Crippen molar-refractivity contribution in [2.24, 2.45) is 5.92 Å². The smallest absolute Gasteiger partial charge is 0.220 e. The predicted octanol–water partition coefficient (Wildman–Crippen LogP) is 10.1. The molecule has 8 atom stereocenters. The first-order chi connectivity index (χ1) is 30.8. The second-order valence-corrected chi connectivity index (χ2v) is 19.7. The molecular weight excluding hydrogens is 799 g/mol. The Balaban J connectivity index is 1.51. The zero-order valence-corrected chi connectivity index (χ0v) is 40.5. The van der Waals surface area contributed by atoms with Gasteiger partial charge in [-0.3, -0.25) is 4.79 Å². The van der Waals surface area contributed by atoms with E-state index in [-0.39, 0.29) is 18.9 Å². The molecule has 0 spiro atoms. The highest BCUT2D eigenvalue weighted by molar-refractivity contribution is 5.76. The number of rotatable bonds is 45. The van der Waals surface area contributed by atoms with Crippen molar-refractivity contribution in [3.63, 3.8) is 0 Å². The Morgan fingerprint density at radius 3 is 1.40 bits per heavy atom. The van der Waals surface area contributed by atoms with Crippen LogP contribution in [-0.2, 0) is 19.0 Å². The highest BCUT2D eigenvalue weighted by Gasteiger charge is 2.44. The van der Waals surface area contributed by atoms with Crippen molar-refractivity contribution in [1.29, 1.82) is 0 Å². The summed E-state index contributed by atoms with van der Waals surface area (Å²) in [7, 11) is 0. The Morgan fingerprint density at radius 1 is 0.571 bits per heavy atom. The standard InChI is InChI=1S/C52H101NO10/c1-2-3-4-5-6-7-8-22-25-28-31-34-37-45(55)48(57)44(42-62-52-51(60)50(59)49(58)46(39-54)63-52)53-47(56)38-35-32-29-26-23-20-18-16-14-12-10-9-11-13-15-17-19-21-24-27-30-33-36-43-40-61-41-43/h43-46,48-52,54-55,57-60H,2-42H2,1H3,(H,53,56)/t44-,45+,46?,48-,49?,50?,51?,52?/m0/s1. The largest absolute Gasteiger partial charge is 0.394 e. The number of aliphatic hydroxyl groups excluding tert-OH is 6. The van der Waals surface area contributed by atoms with Gasteiger partial charge in [-0.1, -0.05) is 219 Å². The highest BCUT2D eigenvalue weighted by Crippen LogP contribution is 2.24. The van der Waals surface area contributed by atoms with Crippen LogP contribution in [0.1, 0.15) is 244 Å². The van der Waals surface area contributed by atoms with Gasteiger partial charge in [0.15, 0.2) is 6.29 Å². The number of carbonyl (C=O) groups is 1. The third kappa shape index (κ3) is 29.5. The summed E-state index contributed by atoms with van der Waals surface area (Å²) in [6.45, 7) is 3.36. The molecule has 2 aliphatic rings. The number of hydrogen-bond acceptors (Lipinski definition) is 10. The molecule has 0 radical (unpaired) electrons. The van der Waals surface area contributed by atoms with Crippen molar-refractivity contribution in [3.05, 3.63) is 0 Å². The molecule has 0 bridgehead atoms. The van der Waals surface area contributed by atoms with Crippen LogP contribution in [0.25, 0.3) is 0 Å². The van der Waals surface area contributed by atoms with Crippen LogP contribution in [0.4, 0.5) is 0 Å². The summed E-state index contributed by atoms with van der Waals surface area (Å²) >= 11 is 0. The van der Waals surface area contributed by atoms with Crippen LogP contribution in [0.15, 0.2) is 0 Å².